The molecule has 2 aliphatic rings. The van der Waals surface area contributed by atoms with E-state index in [1.165, 1.54) is 18.7 Å². The minimum Gasteiger partial charge on any atom is -0.369 e. The molecular formula is C21H33B2F2N6OP3. The molecule has 35 heavy (non-hydrogen) atoms. The number of carbonyl (C=O) groups excluding carboxylic acids is 1. The van der Waals surface area contributed by atoms with Crippen molar-refractivity contribution in [3.63, 3.8) is 0 Å². The number of nitrogens with zero attached hydrogens (tertiary/aromatic N) is 4. The molecule has 1 aliphatic heterocycles. The van der Waals surface area contributed by atoms with Gasteiger partial charge in [-0.2, -0.15) is 5.10 Å². The van der Waals surface area contributed by atoms with E-state index in [0.717, 1.165) is 55.9 Å². The summed E-state index contributed by atoms with van der Waals surface area (Å²) in [7, 11) is 11.1. The van der Waals surface area contributed by atoms with E-state index < -0.39 is 12.0 Å². The zero-order valence-electron chi connectivity index (χ0n) is 20.2. The fourth-order valence-corrected chi connectivity index (χ4v) is 5.26. The van der Waals surface area contributed by atoms with Crippen LogP contribution in [-0.2, 0) is 17.8 Å². The summed E-state index contributed by atoms with van der Waals surface area (Å²) in [6.07, 6.45) is 9.58. The molecule has 14 heteroatoms. The van der Waals surface area contributed by atoms with Crippen LogP contribution in [0, 0.1) is 0 Å². The zero-order chi connectivity index (χ0) is 25.3. The third-order valence-electron chi connectivity index (χ3n) is 6.56. The molecule has 5 atom stereocenters. The Morgan fingerprint density at radius 3 is 2.57 bits per heavy atom. The van der Waals surface area contributed by atoms with Gasteiger partial charge in [0.05, 0.1) is 29.7 Å². The second kappa shape index (κ2) is 11.0. The Balaban J connectivity index is 1.34. The van der Waals surface area contributed by atoms with Crippen LogP contribution in [0.3, 0.4) is 0 Å². The van der Waals surface area contributed by atoms with Gasteiger partial charge in [0.15, 0.2) is 7.85 Å². The van der Waals surface area contributed by atoms with Crippen LogP contribution in [0.15, 0.2) is 18.5 Å². The van der Waals surface area contributed by atoms with E-state index in [4.69, 9.17) is 4.98 Å². The third-order valence-corrected chi connectivity index (χ3v) is 7.36. The lowest BCUT2D eigenvalue weighted by Crippen LogP contribution is -2.42. The maximum atomic E-state index is 14.2. The van der Waals surface area contributed by atoms with Gasteiger partial charge >= 0.3 is 0 Å². The van der Waals surface area contributed by atoms with Gasteiger partial charge in [0.2, 0.25) is 0 Å². The molecule has 0 aromatic carbocycles. The minimum absolute atomic E-state index is 0.00741. The van der Waals surface area contributed by atoms with E-state index in [1.54, 1.807) is 0 Å². The first-order chi connectivity index (χ1) is 16.5. The summed E-state index contributed by atoms with van der Waals surface area (Å²) in [6, 6.07) is 0.310. The van der Waals surface area contributed by atoms with Crippen LogP contribution in [0.5, 0.6) is 0 Å². The van der Waals surface area contributed by atoms with E-state index in [-0.39, 0.29) is 34.5 Å². The van der Waals surface area contributed by atoms with Crippen molar-refractivity contribution >= 4 is 55.1 Å². The lowest BCUT2D eigenvalue weighted by molar-refractivity contribution is 0.0922. The second-order valence-electron chi connectivity index (χ2n) is 9.75. The Hall–Kier alpha value is -1.29. The summed E-state index contributed by atoms with van der Waals surface area (Å²) in [4.78, 5) is 17.5. The highest BCUT2D eigenvalue weighted by Gasteiger charge is 2.28. The highest BCUT2D eigenvalue weighted by molar-refractivity contribution is 7.43. The lowest BCUT2D eigenvalue weighted by Gasteiger charge is -2.32. The number of hydrogen-bond donors (Lipinski definition) is 2. The number of hydrogen-bond acceptors (Lipinski definition) is 4. The first-order valence-electron chi connectivity index (χ1n) is 12.1. The number of aromatic nitrogens is 4. The largest absolute Gasteiger partial charge is 0.369 e. The first kappa shape index (κ1) is 26.8. The summed E-state index contributed by atoms with van der Waals surface area (Å²) in [6.45, 7) is -0.109. The normalized spacial score (nSPS) is 22.1. The standard InChI is InChI=1S/C21H33B2F2N6OP3/c22-19(25)18-13(8-26-31(18)10-15(24)33)20(32)28-12-6-4-11(5-7-12)27-16-2-1-3-17-29-14(9-30(16)17)21(23,34)35/h2,8-9,11-12,15,19,27H,1,3-7,10,22-23,33-35H2,(H,28,32). The SMILES string of the molecule is BC(F)c1c(C(=O)NC2CCC(NC3=CCCc4nc(C(B)(P)P)cn43)CC2)cnn1CC(F)P. The van der Waals surface area contributed by atoms with Gasteiger partial charge in [-0.3, -0.25) is 18.4 Å². The summed E-state index contributed by atoms with van der Waals surface area (Å²) in [5.74, 6) is 0.531. The Labute approximate surface area is 213 Å². The molecule has 1 saturated carbocycles. The van der Waals surface area contributed by atoms with Crippen molar-refractivity contribution in [2.24, 2.45) is 0 Å². The molecule has 1 fully saturated rings. The molecule has 3 heterocycles. The van der Waals surface area contributed by atoms with Crippen LogP contribution in [0.25, 0.3) is 5.82 Å². The molecule has 1 amide bonds. The van der Waals surface area contributed by atoms with Gasteiger partial charge in [-0.25, -0.2) is 9.37 Å². The van der Waals surface area contributed by atoms with E-state index in [1.807, 2.05) is 9.24 Å². The molecule has 4 rings (SSSR count). The number of alkyl halides is 2. The van der Waals surface area contributed by atoms with Crippen molar-refractivity contribution in [3.8, 4) is 0 Å². The summed E-state index contributed by atoms with van der Waals surface area (Å²) in [5.41, 5.74) is 1.32. The number of allylic oxidation sites excluding steroid dienone is 1. The lowest BCUT2D eigenvalue weighted by atomic mass is 9.90. The molecule has 0 spiro atoms. The molecule has 0 radical (unpaired) electrons. The highest BCUT2D eigenvalue weighted by atomic mass is 31.1. The number of amides is 1. The number of fused-ring (bicyclic) bond motifs is 1. The fourth-order valence-electron chi connectivity index (χ4n) is 4.78. The smallest absolute Gasteiger partial charge is 0.255 e. The van der Waals surface area contributed by atoms with Crippen LogP contribution >= 0.6 is 27.7 Å². The van der Waals surface area contributed by atoms with Gasteiger partial charge in [0.25, 0.3) is 5.91 Å². The molecular weight excluding hydrogens is 505 g/mol. The van der Waals surface area contributed by atoms with Crippen molar-refractivity contribution in [2.75, 3.05) is 0 Å². The molecule has 2 aromatic rings. The Morgan fingerprint density at radius 1 is 1.26 bits per heavy atom. The molecule has 5 unspecified atom stereocenters. The van der Waals surface area contributed by atoms with Crippen LogP contribution in [0.4, 0.5) is 8.78 Å². The Morgan fingerprint density at radius 2 is 1.94 bits per heavy atom. The monoisotopic (exact) mass is 538 g/mol. The quantitative estimate of drug-likeness (QED) is 0.394. The van der Waals surface area contributed by atoms with Gasteiger partial charge in [-0.15, -0.1) is 18.5 Å². The second-order valence-corrected chi connectivity index (χ2v) is 13.5. The van der Waals surface area contributed by atoms with Crippen LogP contribution in [-0.4, -0.2) is 58.9 Å². The molecule has 7 nitrogen and oxygen atoms in total. The number of rotatable bonds is 8. The summed E-state index contributed by atoms with van der Waals surface area (Å²) >= 11 is 0. The minimum atomic E-state index is -1.42. The maximum Gasteiger partial charge on any atom is 0.255 e. The van der Waals surface area contributed by atoms with E-state index in [2.05, 4.69) is 58.9 Å². The van der Waals surface area contributed by atoms with Crippen molar-refractivity contribution in [1.82, 2.24) is 30.0 Å². The molecule has 1 aliphatic carbocycles. The summed E-state index contributed by atoms with van der Waals surface area (Å²) < 4.78 is 31.0. The van der Waals surface area contributed by atoms with Gasteiger partial charge < -0.3 is 10.6 Å². The first-order valence-corrected chi connectivity index (χ1v) is 13.9. The highest BCUT2D eigenvalue weighted by Crippen LogP contribution is 2.35. The third kappa shape index (κ3) is 6.35. The van der Waals surface area contributed by atoms with E-state index in [9.17, 15) is 13.6 Å². The van der Waals surface area contributed by atoms with Crippen molar-refractivity contribution in [1.29, 1.82) is 0 Å². The van der Waals surface area contributed by atoms with E-state index in [0.29, 0.717) is 6.04 Å². The molecule has 2 N–H and O–H groups in total. The van der Waals surface area contributed by atoms with E-state index >= 15 is 0 Å². The van der Waals surface area contributed by atoms with Gasteiger partial charge in [0.1, 0.15) is 31.5 Å². The summed E-state index contributed by atoms with van der Waals surface area (Å²) in [5, 5.41) is 10.8. The maximum absolute atomic E-state index is 14.2. The van der Waals surface area contributed by atoms with Crippen molar-refractivity contribution in [3.05, 3.63) is 41.2 Å². The number of halogens is 2. The van der Waals surface area contributed by atoms with Crippen LogP contribution in [0.2, 0.25) is 0 Å². The average Bonchev–Trinajstić information content (AvgIpc) is 3.40. The number of imidazole rings is 1. The van der Waals surface area contributed by atoms with Gasteiger partial charge in [0, 0.05) is 29.5 Å². The molecule has 188 valence electrons. The van der Waals surface area contributed by atoms with Crippen molar-refractivity contribution in [2.45, 2.75) is 73.9 Å². The number of nitrogens with one attached hydrogen (secondary N) is 2. The van der Waals surface area contributed by atoms with Gasteiger partial charge in [-0.1, -0.05) is 9.24 Å². The zero-order valence-corrected chi connectivity index (χ0v) is 23.6. The average molecular weight is 538 g/mol. The Kier molecular flexibility index (Phi) is 8.40. The van der Waals surface area contributed by atoms with Crippen molar-refractivity contribution < 1.29 is 13.6 Å². The predicted molar refractivity (Wildman–Crippen MR) is 150 cm³/mol. The van der Waals surface area contributed by atoms with Crippen LogP contribution in [0.1, 0.15) is 65.7 Å². The Bertz CT molecular complexity index is 1090. The molecule has 0 bridgehead atoms. The fraction of sp³-hybridized carbons (Fsp3) is 0.571. The predicted octanol–water partition coefficient (Wildman–Crippen LogP) is 1.42. The number of carbonyl (C=O) groups is 1. The molecule has 2 aromatic heterocycles. The number of aryl methyl sites for hydroxylation is 1. The van der Waals surface area contributed by atoms with Gasteiger partial charge in [-0.05, 0) is 38.2 Å². The van der Waals surface area contributed by atoms with Crippen LogP contribution < -0.4 is 10.6 Å². The molecule has 0 saturated heterocycles. The topological polar surface area (TPSA) is 76.8 Å².